The first kappa shape index (κ1) is 17.4. The molecule has 1 heterocycles. The maximum atomic E-state index is 13.6. The minimum absolute atomic E-state index is 0.314. The van der Waals surface area contributed by atoms with Crippen LogP contribution >= 0.6 is 12.6 Å². The second-order valence-electron chi connectivity index (χ2n) is 6.69. The number of halogens is 1. The predicted molar refractivity (Wildman–Crippen MR) is 93.5 cm³/mol. The summed E-state index contributed by atoms with van der Waals surface area (Å²) in [6, 6.07) is 2.83. The fourth-order valence-electron chi connectivity index (χ4n) is 2.28. The average Bonchev–Trinajstić information content (AvgIpc) is 2.60. The molecule has 0 bridgehead atoms. The van der Waals surface area contributed by atoms with Gasteiger partial charge in [-0.15, -0.1) is 0 Å². The van der Waals surface area contributed by atoms with Crippen LogP contribution in [0.3, 0.4) is 0 Å². The monoisotopic (exact) mass is 323 g/mol. The first-order chi connectivity index (χ1) is 10.1. The summed E-state index contributed by atoms with van der Waals surface area (Å²) >= 11 is 4.36. The fraction of sp³-hybridized carbons (Fsp3) is 0.500. The zero-order valence-corrected chi connectivity index (χ0v) is 14.6. The van der Waals surface area contributed by atoms with E-state index in [9.17, 15) is 4.39 Å². The number of benzene rings is 1. The van der Waals surface area contributed by atoms with Gasteiger partial charge in [-0.25, -0.2) is 4.39 Å². The molecular weight excluding hydrogens is 300 g/mol. The Balaban J connectivity index is 2.38. The molecule has 0 aromatic heterocycles. The summed E-state index contributed by atoms with van der Waals surface area (Å²) in [6.07, 6.45) is 1.81. The molecule has 0 aliphatic carbocycles. The van der Waals surface area contributed by atoms with Gasteiger partial charge in [-0.2, -0.15) is 12.6 Å². The van der Waals surface area contributed by atoms with Crippen molar-refractivity contribution in [2.24, 2.45) is 0 Å². The summed E-state index contributed by atoms with van der Waals surface area (Å²) < 4.78 is 25.7. The molecule has 3 nitrogen and oxygen atoms in total. The van der Waals surface area contributed by atoms with Crippen molar-refractivity contribution in [3.8, 4) is 0 Å². The van der Waals surface area contributed by atoms with Crippen molar-refractivity contribution in [3.05, 3.63) is 34.5 Å². The number of hydrogen-bond acceptors (Lipinski definition) is 4. The largest absolute Gasteiger partial charge is 0.491 e. The number of thiol groups is 1. The molecule has 6 heteroatoms. The third-order valence-electron chi connectivity index (χ3n) is 4.46. The van der Waals surface area contributed by atoms with Crippen LogP contribution in [0.15, 0.2) is 17.6 Å². The lowest BCUT2D eigenvalue weighted by atomic mass is 9.78. The van der Waals surface area contributed by atoms with Crippen LogP contribution in [-0.2, 0) is 9.31 Å². The van der Waals surface area contributed by atoms with Gasteiger partial charge in [0.1, 0.15) is 5.82 Å². The van der Waals surface area contributed by atoms with Crippen LogP contribution in [0, 0.1) is 12.7 Å². The molecule has 0 saturated carbocycles. The van der Waals surface area contributed by atoms with Crippen LogP contribution in [0.2, 0.25) is 0 Å². The molecule has 1 aliphatic heterocycles. The Bertz CT molecular complexity index is 600. The van der Waals surface area contributed by atoms with Crippen molar-refractivity contribution in [1.82, 2.24) is 0 Å². The SMILES string of the molecule is Cc1cc(F)cc(C=C(CS)B2OC(C)(C)C(C)(C)O2)c1N. The predicted octanol–water partition coefficient (Wildman–Crippen LogP) is 3.66. The second-order valence-corrected chi connectivity index (χ2v) is 7.01. The highest BCUT2D eigenvalue weighted by molar-refractivity contribution is 7.80. The fourth-order valence-corrected chi connectivity index (χ4v) is 2.52. The zero-order valence-electron chi connectivity index (χ0n) is 13.7. The van der Waals surface area contributed by atoms with E-state index in [1.54, 1.807) is 13.0 Å². The molecule has 1 fully saturated rings. The molecule has 0 spiro atoms. The third-order valence-corrected chi connectivity index (χ3v) is 4.83. The summed E-state index contributed by atoms with van der Waals surface area (Å²) in [5.74, 6) is 0.122. The van der Waals surface area contributed by atoms with Crippen molar-refractivity contribution in [2.45, 2.75) is 45.8 Å². The van der Waals surface area contributed by atoms with Gasteiger partial charge in [-0.3, -0.25) is 0 Å². The summed E-state index contributed by atoms with van der Waals surface area (Å²) in [5, 5.41) is 0. The van der Waals surface area contributed by atoms with Gasteiger partial charge in [0.25, 0.3) is 0 Å². The van der Waals surface area contributed by atoms with Crippen LogP contribution in [0.1, 0.15) is 38.8 Å². The van der Waals surface area contributed by atoms with Crippen LogP contribution in [-0.4, -0.2) is 24.1 Å². The molecule has 0 atom stereocenters. The Morgan fingerprint density at radius 1 is 1.27 bits per heavy atom. The molecule has 22 heavy (non-hydrogen) atoms. The van der Waals surface area contributed by atoms with Gasteiger partial charge >= 0.3 is 7.12 Å². The lowest BCUT2D eigenvalue weighted by molar-refractivity contribution is 0.00578. The molecular formula is C16H23BFNO2S. The number of anilines is 1. The molecule has 0 radical (unpaired) electrons. The minimum Gasteiger partial charge on any atom is -0.400 e. The lowest BCUT2D eigenvalue weighted by Crippen LogP contribution is -2.41. The molecule has 1 saturated heterocycles. The maximum absolute atomic E-state index is 13.6. The third kappa shape index (κ3) is 3.19. The molecule has 0 unspecified atom stereocenters. The van der Waals surface area contributed by atoms with Crippen molar-refractivity contribution >= 4 is 31.5 Å². The van der Waals surface area contributed by atoms with E-state index in [1.165, 1.54) is 12.1 Å². The summed E-state index contributed by atoms with van der Waals surface area (Å²) in [6.45, 7) is 9.74. The highest BCUT2D eigenvalue weighted by Crippen LogP contribution is 2.39. The van der Waals surface area contributed by atoms with E-state index in [2.05, 4.69) is 12.6 Å². The van der Waals surface area contributed by atoms with Gasteiger partial charge in [0.05, 0.1) is 11.2 Å². The van der Waals surface area contributed by atoms with Gasteiger partial charge in [-0.05, 0) is 63.4 Å². The van der Waals surface area contributed by atoms with Gasteiger partial charge in [0.15, 0.2) is 0 Å². The van der Waals surface area contributed by atoms with Crippen molar-refractivity contribution in [1.29, 1.82) is 0 Å². The Hall–Kier alpha value is -0.975. The second kappa shape index (κ2) is 5.91. The van der Waals surface area contributed by atoms with E-state index in [-0.39, 0.29) is 5.82 Å². The van der Waals surface area contributed by atoms with Crippen LogP contribution in [0.5, 0.6) is 0 Å². The number of aryl methyl sites for hydroxylation is 1. The van der Waals surface area contributed by atoms with E-state index >= 15 is 0 Å². The highest BCUT2D eigenvalue weighted by Gasteiger charge is 2.52. The Labute approximate surface area is 137 Å². The standard InChI is InChI=1S/C16H23BFNO2S/c1-10-6-13(18)8-11(14(10)19)7-12(9-22)17-20-15(2,3)16(4,5)21-17/h6-8,22H,9,19H2,1-5H3. The average molecular weight is 323 g/mol. The molecule has 0 amide bonds. The number of nitrogens with two attached hydrogens (primary N) is 1. The molecule has 1 aromatic rings. The van der Waals surface area contributed by atoms with E-state index in [4.69, 9.17) is 15.0 Å². The quantitative estimate of drug-likeness (QED) is 0.507. The first-order valence-electron chi connectivity index (χ1n) is 7.30. The summed E-state index contributed by atoms with van der Waals surface area (Å²) in [5.41, 5.74) is 7.89. The number of rotatable bonds is 3. The first-order valence-corrected chi connectivity index (χ1v) is 7.93. The van der Waals surface area contributed by atoms with E-state index in [0.717, 1.165) is 5.47 Å². The summed E-state index contributed by atoms with van der Waals surface area (Å²) in [7, 11) is -0.509. The van der Waals surface area contributed by atoms with Gasteiger partial charge in [0, 0.05) is 11.4 Å². The van der Waals surface area contributed by atoms with Crippen molar-refractivity contribution in [3.63, 3.8) is 0 Å². The summed E-state index contributed by atoms with van der Waals surface area (Å²) in [4.78, 5) is 0. The Kier molecular flexibility index (Phi) is 4.67. The molecule has 1 aromatic carbocycles. The zero-order chi connectivity index (χ0) is 16.7. The molecule has 1 aliphatic rings. The normalized spacial score (nSPS) is 20.5. The Morgan fingerprint density at radius 2 is 1.82 bits per heavy atom. The van der Waals surface area contributed by atoms with E-state index < -0.39 is 18.3 Å². The van der Waals surface area contributed by atoms with Crippen LogP contribution < -0.4 is 5.73 Å². The Morgan fingerprint density at radius 3 is 2.32 bits per heavy atom. The van der Waals surface area contributed by atoms with E-state index in [0.29, 0.717) is 22.6 Å². The lowest BCUT2D eigenvalue weighted by Gasteiger charge is -2.32. The van der Waals surface area contributed by atoms with E-state index in [1.807, 2.05) is 27.7 Å². The van der Waals surface area contributed by atoms with Crippen molar-refractivity contribution < 1.29 is 13.7 Å². The molecule has 2 N–H and O–H groups in total. The molecule has 120 valence electrons. The minimum atomic E-state index is -0.509. The van der Waals surface area contributed by atoms with Crippen LogP contribution in [0.4, 0.5) is 10.1 Å². The van der Waals surface area contributed by atoms with Gasteiger partial charge in [0.2, 0.25) is 0 Å². The maximum Gasteiger partial charge on any atom is 0.491 e. The number of nitrogen functional groups attached to an aromatic ring is 1. The van der Waals surface area contributed by atoms with Gasteiger partial charge in [-0.1, -0.05) is 6.08 Å². The highest BCUT2D eigenvalue weighted by atomic mass is 32.1. The van der Waals surface area contributed by atoms with Crippen LogP contribution in [0.25, 0.3) is 6.08 Å². The smallest absolute Gasteiger partial charge is 0.400 e. The van der Waals surface area contributed by atoms with Crippen molar-refractivity contribution in [2.75, 3.05) is 11.5 Å². The topological polar surface area (TPSA) is 44.5 Å². The number of hydrogen-bond donors (Lipinski definition) is 2. The van der Waals surface area contributed by atoms with Gasteiger partial charge < -0.3 is 15.0 Å². The molecule has 2 rings (SSSR count).